The van der Waals surface area contributed by atoms with Gasteiger partial charge in [0.1, 0.15) is 6.04 Å². The number of carbonyl (C=O) groups is 2. The predicted octanol–water partition coefficient (Wildman–Crippen LogP) is 0.0857. The first-order chi connectivity index (χ1) is 10.6. The van der Waals surface area contributed by atoms with Crippen LogP contribution in [0.25, 0.3) is 11.4 Å². The minimum Gasteiger partial charge on any atom is -0.468 e. The predicted molar refractivity (Wildman–Crippen MR) is 77.5 cm³/mol. The smallest absolute Gasteiger partial charge is 0.322 e. The first kappa shape index (κ1) is 15.6. The van der Waals surface area contributed by atoms with Crippen LogP contribution in [0, 0.1) is 0 Å². The largest absolute Gasteiger partial charge is 0.468 e. The van der Waals surface area contributed by atoms with E-state index in [1.54, 1.807) is 24.3 Å². The van der Waals surface area contributed by atoms with Crippen molar-refractivity contribution >= 4 is 17.6 Å². The van der Waals surface area contributed by atoms with Gasteiger partial charge in [0.25, 0.3) is 0 Å². The Morgan fingerprint density at radius 2 is 2.09 bits per heavy atom. The Bertz CT molecular complexity index is 626. The number of aromatic amines is 1. The molecule has 1 aromatic heterocycles. The first-order valence-corrected chi connectivity index (χ1v) is 6.57. The summed E-state index contributed by atoms with van der Waals surface area (Å²) in [7, 11) is 1.26. The van der Waals surface area contributed by atoms with Crippen LogP contribution in [0.4, 0.5) is 5.69 Å². The number of hydrogen-bond donors (Lipinski definition) is 3. The second-order valence-electron chi connectivity index (χ2n) is 4.53. The van der Waals surface area contributed by atoms with Gasteiger partial charge < -0.3 is 15.8 Å². The van der Waals surface area contributed by atoms with Gasteiger partial charge in [-0.2, -0.15) is 5.21 Å². The van der Waals surface area contributed by atoms with Crippen molar-refractivity contribution in [2.75, 3.05) is 12.4 Å². The van der Waals surface area contributed by atoms with E-state index in [4.69, 9.17) is 5.73 Å². The molecular formula is C13H16N6O3. The van der Waals surface area contributed by atoms with Crippen molar-refractivity contribution in [1.29, 1.82) is 0 Å². The fraction of sp³-hybridized carbons (Fsp3) is 0.308. The number of nitrogens with one attached hydrogen (secondary N) is 2. The Morgan fingerprint density at radius 1 is 1.36 bits per heavy atom. The number of H-pyrrole nitrogens is 1. The molecule has 2 rings (SSSR count). The molecule has 0 saturated heterocycles. The van der Waals surface area contributed by atoms with Gasteiger partial charge in [-0.15, -0.1) is 10.2 Å². The molecule has 0 spiro atoms. The summed E-state index contributed by atoms with van der Waals surface area (Å²) in [5.41, 5.74) is 6.97. The van der Waals surface area contributed by atoms with E-state index in [1.807, 2.05) is 0 Å². The molecule has 0 aliphatic rings. The number of amides is 1. The number of nitrogens with zero attached hydrogens (tertiary/aromatic N) is 3. The van der Waals surface area contributed by atoms with Crippen molar-refractivity contribution in [3.05, 3.63) is 24.3 Å². The highest BCUT2D eigenvalue weighted by Crippen LogP contribution is 2.17. The van der Waals surface area contributed by atoms with Crippen LogP contribution in [0.15, 0.2) is 24.3 Å². The van der Waals surface area contributed by atoms with E-state index in [0.29, 0.717) is 11.5 Å². The number of aromatic nitrogens is 4. The molecule has 1 aromatic carbocycles. The van der Waals surface area contributed by atoms with Crippen molar-refractivity contribution in [1.82, 2.24) is 20.6 Å². The summed E-state index contributed by atoms with van der Waals surface area (Å²) in [6, 6.07) is 6.19. The summed E-state index contributed by atoms with van der Waals surface area (Å²) in [6.07, 6.45) is 0.350. The highest BCUT2D eigenvalue weighted by Gasteiger charge is 2.15. The SMILES string of the molecule is COC(=O)[C@@H](N)CCC(=O)Nc1ccc(-c2nn[nH]n2)cc1. The Hall–Kier alpha value is -2.81. The molecule has 116 valence electrons. The molecule has 1 amide bonds. The zero-order valence-electron chi connectivity index (χ0n) is 11.9. The van der Waals surface area contributed by atoms with E-state index in [0.717, 1.165) is 5.56 Å². The number of rotatable bonds is 6. The Morgan fingerprint density at radius 3 is 2.68 bits per heavy atom. The molecule has 1 heterocycles. The van der Waals surface area contributed by atoms with Crippen LogP contribution >= 0.6 is 0 Å². The van der Waals surface area contributed by atoms with Crippen molar-refractivity contribution in [2.24, 2.45) is 5.73 Å². The lowest BCUT2D eigenvalue weighted by atomic mass is 10.1. The molecule has 2 aromatic rings. The average Bonchev–Trinajstić information content (AvgIpc) is 3.07. The molecule has 0 unspecified atom stereocenters. The number of nitrogens with two attached hydrogens (primary N) is 1. The number of carbonyl (C=O) groups excluding carboxylic acids is 2. The van der Waals surface area contributed by atoms with Gasteiger partial charge in [0.2, 0.25) is 11.7 Å². The maximum atomic E-state index is 11.8. The zero-order chi connectivity index (χ0) is 15.9. The van der Waals surface area contributed by atoms with Gasteiger partial charge in [0.05, 0.1) is 7.11 Å². The number of methoxy groups -OCH3 is 1. The van der Waals surface area contributed by atoms with Crippen LogP contribution < -0.4 is 11.1 Å². The molecule has 1 atom stereocenters. The summed E-state index contributed by atoms with van der Waals surface area (Å²) < 4.78 is 4.50. The lowest BCUT2D eigenvalue weighted by molar-refractivity contribution is -0.142. The second-order valence-corrected chi connectivity index (χ2v) is 4.53. The number of benzene rings is 1. The van der Waals surface area contributed by atoms with Gasteiger partial charge >= 0.3 is 5.97 Å². The van der Waals surface area contributed by atoms with Gasteiger partial charge in [-0.05, 0) is 35.9 Å². The number of esters is 1. The third kappa shape index (κ3) is 4.09. The van der Waals surface area contributed by atoms with E-state index < -0.39 is 12.0 Å². The van der Waals surface area contributed by atoms with Gasteiger partial charge in [0.15, 0.2) is 0 Å². The Labute approximate surface area is 126 Å². The van der Waals surface area contributed by atoms with Crippen LogP contribution in [0.3, 0.4) is 0 Å². The van der Waals surface area contributed by atoms with Gasteiger partial charge in [0, 0.05) is 17.7 Å². The summed E-state index contributed by atoms with van der Waals surface area (Å²) >= 11 is 0. The molecule has 22 heavy (non-hydrogen) atoms. The first-order valence-electron chi connectivity index (χ1n) is 6.57. The standard InChI is InChI=1S/C13H16N6O3/c1-22-13(21)10(14)6-7-11(20)15-9-4-2-8(3-5-9)12-16-18-19-17-12/h2-5,10H,6-7,14H2,1H3,(H,15,20)(H,16,17,18,19)/t10-/m0/s1. The Balaban J connectivity index is 1.85. The van der Waals surface area contributed by atoms with Crippen molar-refractivity contribution in [3.8, 4) is 11.4 Å². The van der Waals surface area contributed by atoms with E-state index >= 15 is 0 Å². The molecule has 0 radical (unpaired) electrons. The van der Waals surface area contributed by atoms with Crippen molar-refractivity contribution < 1.29 is 14.3 Å². The van der Waals surface area contributed by atoms with Gasteiger partial charge in [-0.25, -0.2) is 0 Å². The average molecular weight is 304 g/mol. The highest BCUT2D eigenvalue weighted by molar-refractivity contribution is 5.91. The van der Waals surface area contributed by atoms with E-state index in [-0.39, 0.29) is 18.7 Å². The maximum absolute atomic E-state index is 11.8. The topological polar surface area (TPSA) is 136 Å². The third-order valence-electron chi connectivity index (χ3n) is 2.96. The molecule has 9 heteroatoms. The normalized spacial score (nSPS) is 11.7. The van der Waals surface area contributed by atoms with Crippen LogP contribution in [0.1, 0.15) is 12.8 Å². The molecule has 4 N–H and O–H groups in total. The monoisotopic (exact) mass is 304 g/mol. The van der Waals surface area contributed by atoms with E-state index in [2.05, 4.69) is 30.7 Å². The minimum atomic E-state index is -0.795. The number of tetrazole rings is 1. The van der Waals surface area contributed by atoms with Crippen molar-refractivity contribution in [2.45, 2.75) is 18.9 Å². The fourth-order valence-corrected chi connectivity index (χ4v) is 1.77. The van der Waals surface area contributed by atoms with E-state index in [1.165, 1.54) is 7.11 Å². The number of ether oxygens (including phenoxy) is 1. The number of hydrogen-bond acceptors (Lipinski definition) is 7. The van der Waals surface area contributed by atoms with Crippen LogP contribution in [-0.2, 0) is 14.3 Å². The molecular weight excluding hydrogens is 288 g/mol. The molecule has 0 fully saturated rings. The molecule has 9 nitrogen and oxygen atoms in total. The van der Waals surface area contributed by atoms with Crippen LogP contribution in [0.2, 0.25) is 0 Å². The summed E-state index contributed by atoms with van der Waals surface area (Å²) in [5, 5.41) is 16.3. The minimum absolute atomic E-state index is 0.128. The van der Waals surface area contributed by atoms with Crippen LogP contribution in [0.5, 0.6) is 0 Å². The maximum Gasteiger partial charge on any atom is 0.322 e. The van der Waals surface area contributed by atoms with Crippen LogP contribution in [-0.4, -0.2) is 45.7 Å². The lowest BCUT2D eigenvalue weighted by Crippen LogP contribution is -2.32. The molecule has 0 aliphatic carbocycles. The summed E-state index contributed by atoms with van der Waals surface area (Å²) in [5.74, 6) is -0.286. The highest BCUT2D eigenvalue weighted by atomic mass is 16.5. The quantitative estimate of drug-likeness (QED) is 0.643. The Kier molecular flexibility index (Phi) is 5.15. The van der Waals surface area contributed by atoms with Gasteiger partial charge in [-0.1, -0.05) is 0 Å². The summed E-state index contributed by atoms with van der Waals surface area (Å²) in [6.45, 7) is 0. The molecule has 0 aliphatic heterocycles. The zero-order valence-corrected chi connectivity index (χ0v) is 11.9. The number of anilines is 1. The third-order valence-corrected chi connectivity index (χ3v) is 2.96. The lowest BCUT2D eigenvalue weighted by Gasteiger charge is -2.09. The van der Waals surface area contributed by atoms with E-state index in [9.17, 15) is 9.59 Å². The van der Waals surface area contributed by atoms with Gasteiger partial charge in [-0.3, -0.25) is 9.59 Å². The second kappa shape index (κ2) is 7.27. The fourth-order valence-electron chi connectivity index (χ4n) is 1.77. The molecule has 0 bridgehead atoms. The van der Waals surface area contributed by atoms with Crippen molar-refractivity contribution in [3.63, 3.8) is 0 Å². The summed E-state index contributed by atoms with van der Waals surface area (Å²) in [4.78, 5) is 22.9. The molecule has 0 saturated carbocycles.